The van der Waals surface area contributed by atoms with Gasteiger partial charge < -0.3 is 5.32 Å². The van der Waals surface area contributed by atoms with Gasteiger partial charge in [-0.2, -0.15) is 0 Å². The zero-order valence-electron chi connectivity index (χ0n) is 11.4. The molecule has 0 fully saturated rings. The van der Waals surface area contributed by atoms with Gasteiger partial charge in [0.15, 0.2) is 0 Å². The van der Waals surface area contributed by atoms with E-state index in [-0.39, 0.29) is 12.0 Å². The number of nitrogens with one attached hydrogen (secondary N) is 1. The molecule has 3 rings (SSSR count). The lowest BCUT2D eigenvalue weighted by Gasteiger charge is -2.31. The van der Waals surface area contributed by atoms with Gasteiger partial charge in [-0.15, -0.1) is 0 Å². The Kier molecular flexibility index (Phi) is 4.18. The van der Waals surface area contributed by atoms with Crippen molar-refractivity contribution >= 4 is 29.6 Å². The first-order valence-electron chi connectivity index (χ1n) is 6.91. The Hall–Kier alpha value is -1.51. The number of benzene rings is 2. The third-order valence-electron chi connectivity index (χ3n) is 4.07. The summed E-state index contributed by atoms with van der Waals surface area (Å²) in [5.41, 5.74) is 3.72. The summed E-state index contributed by atoms with van der Waals surface area (Å²) in [6.45, 7) is 0. The summed E-state index contributed by atoms with van der Waals surface area (Å²) in [7, 11) is 0. The standard InChI is InChI=1S/C17H15Cl2NO/c18-16-6-5-12(8-17(16)19)15-9-13(20-10-21)7-11-3-1-2-4-14(11)15/h1-6,8,10,13,15H,7,9H2,(H,20,21)/t13?,15-/m1/s1. The van der Waals surface area contributed by atoms with Gasteiger partial charge in [0.25, 0.3) is 0 Å². The second kappa shape index (κ2) is 6.08. The molecule has 0 spiro atoms. The van der Waals surface area contributed by atoms with Crippen molar-refractivity contribution in [1.82, 2.24) is 5.32 Å². The number of carbonyl (C=O) groups is 1. The second-order valence-corrected chi connectivity index (χ2v) is 6.16. The van der Waals surface area contributed by atoms with Gasteiger partial charge >= 0.3 is 0 Å². The summed E-state index contributed by atoms with van der Waals surface area (Å²) >= 11 is 12.2. The van der Waals surface area contributed by atoms with Crippen molar-refractivity contribution in [3.63, 3.8) is 0 Å². The van der Waals surface area contributed by atoms with Crippen LogP contribution in [0.25, 0.3) is 0 Å². The third kappa shape index (κ3) is 2.92. The van der Waals surface area contributed by atoms with E-state index in [1.54, 1.807) is 0 Å². The van der Waals surface area contributed by atoms with Gasteiger partial charge in [-0.1, -0.05) is 53.5 Å². The van der Waals surface area contributed by atoms with E-state index >= 15 is 0 Å². The highest BCUT2D eigenvalue weighted by Gasteiger charge is 2.27. The molecule has 2 atom stereocenters. The van der Waals surface area contributed by atoms with Crippen molar-refractivity contribution < 1.29 is 4.79 Å². The number of carbonyl (C=O) groups excluding carboxylic acids is 1. The predicted molar refractivity (Wildman–Crippen MR) is 86.1 cm³/mol. The van der Waals surface area contributed by atoms with Crippen molar-refractivity contribution in [2.45, 2.75) is 24.8 Å². The van der Waals surface area contributed by atoms with Gasteiger partial charge in [0.2, 0.25) is 6.41 Å². The molecule has 2 aromatic carbocycles. The Balaban J connectivity index is 2.03. The Morgan fingerprint density at radius 3 is 2.67 bits per heavy atom. The van der Waals surface area contributed by atoms with E-state index in [9.17, 15) is 4.79 Å². The molecule has 2 nitrogen and oxygen atoms in total. The molecule has 0 saturated heterocycles. The first-order valence-corrected chi connectivity index (χ1v) is 7.67. The molecule has 0 saturated carbocycles. The molecule has 108 valence electrons. The van der Waals surface area contributed by atoms with Crippen molar-refractivity contribution in [2.75, 3.05) is 0 Å². The molecule has 1 amide bonds. The average molecular weight is 320 g/mol. The summed E-state index contributed by atoms with van der Waals surface area (Å²) in [6, 6.07) is 14.3. The van der Waals surface area contributed by atoms with Gasteiger partial charge in [0.1, 0.15) is 0 Å². The lowest BCUT2D eigenvalue weighted by Crippen LogP contribution is -2.35. The minimum atomic E-state index is 0.150. The third-order valence-corrected chi connectivity index (χ3v) is 4.81. The van der Waals surface area contributed by atoms with Crippen molar-refractivity contribution in [2.24, 2.45) is 0 Å². The lowest BCUT2D eigenvalue weighted by atomic mass is 9.77. The summed E-state index contributed by atoms with van der Waals surface area (Å²) in [6.07, 6.45) is 2.52. The van der Waals surface area contributed by atoms with Crippen LogP contribution in [-0.2, 0) is 11.2 Å². The van der Waals surface area contributed by atoms with E-state index in [1.807, 2.05) is 24.3 Å². The van der Waals surface area contributed by atoms with Gasteiger partial charge in [-0.05, 0) is 41.7 Å². The van der Waals surface area contributed by atoms with E-state index in [1.165, 1.54) is 11.1 Å². The number of halogens is 2. The monoisotopic (exact) mass is 319 g/mol. The highest BCUT2D eigenvalue weighted by Crippen LogP contribution is 2.38. The smallest absolute Gasteiger partial charge is 0.207 e. The molecule has 0 radical (unpaired) electrons. The minimum absolute atomic E-state index is 0.150. The largest absolute Gasteiger partial charge is 0.356 e. The molecule has 1 aliphatic carbocycles. The molecule has 1 unspecified atom stereocenters. The summed E-state index contributed by atoms with van der Waals surface area (Å²) in [5, 5.41) is 4.04. The molecule has 0 aromatic heterocycles. The Morgan fingerprint density at radius 2 is 1.90 bits per heavy atom. The normalized spacial score (nSPS) is 20.7. The molecular weight excluding hydrogens is 305 g/mol. The quantitative estimate of drug-likeness (QED) is 0.844. The van der Waals surface area contributed by atoms with Crippen LogP contribution >= 0.6 is 23.2 Å². The van der Waals surface area contributed by atoms with Crippen LogP contribution in [0.4, 0.5) is 0 Å². The maximum absolute atomic E-state index is 10.8. The topological polar surface area (TPSA) is 29.1 Å². The number of hydrogen-bond donors (Lipinski definition) is 1. The van der Waals surface area contributed by atoms with E-state index in [0.717, 1.165) is 24.8 Å². The lowest BCUT2D eigenvalue weighted by molar-refractivity contribution is -0.110. The first kappa shape index (κ1) is 14.4. The highest BCUT2D eigenvalue weighted by atomic mass is 35.5. The summed E-state index contributed by atoms with van der Waals surface area (Å²) in [4.78, 5) is 10.8. The van der Waals surface area contributed by atoms with Crippen LogP contribution in [-0.4, -0.2) is 12.5 Å². The molecule has 1 aliphatic rings. The fourth-order valence-electron chi connectivity index (χ4n) is 3.09. The van der Waals surface area contributed by atoms with Crippen molar-refractivity contribution in [3.05, 3.63) is 69.2 Å². The van der Waals surface area contributed by atoms with Crippen molar-refractivity contribution in [3.8, 4) is 0 Å². The predicted octanol–water partition coefficient (Wildman–Crippen LogP) is 4.19. The highest BCUT2D eigenvalue weighted by molar-refractivity contribution is 6.42. The van der Waals surface area contributed by atoms with E-state index in [4.69, 9.17) is 23.2 Å². The fraction of sp³-hybridized carbons (Fsp3) is 0.235. The van der Waals surface area contributed by atoms with Gasteiger partial charge in [0.05, 0.1) is 10.0 Å². The zero-order chi connectivity index (χ0) is 14.8. The average Bonchev–Trinajstić information content (AvgIpc) is 2.50. The Bertz CT molecular complexity index is 672. The molecule has 4 heteroatoms. The maximum Gasteiger partial charge on any atom is 0.207 e. The molecule has 1 N–H and O–H groups in total. The van der Waals surface area contributed by atoms with E-state index < -0.39 is 0 Å². The van der Waals surface area contributed by atoms with Crippen LogP contribution in [0.1, 0.15) is 29.0 Å². The fourth-order valence-corrected chi connectivity index (χ4v) is 3.39. The minimum Gasteiger partial charge on any atom is -0.356 e. The van der Waals surface area contributed by atoms with Crippen LogP contribution in [0.3, 0.4) is 0 Å². The molecular formula is C17H15Cl2NO. The first-order chi connectivity index (χ1) is 10.2. The number of amides is 1. The van der Waals surface area contributed by atoms with Crippen LogP contribution in [0.5, 0.6) is 0 Å². The molecule has 0 heterocycles. The van der Waals surface area contributed by atoms with Crippen LogP contribution in [0.2, 0.25) is 10.0 Å². The van der Waals surface area contributed by atoms with Gasteiger partial charge in [-0.25, -0.2) is 0 Å². The number of rotatable bonds is 3. The van der Waals surface area contributed by atoms with Gasteiger partial charge in [-0.3, -0.25) is 4.79 Å². The van der Waals surface area contributed by atoms with Crippen LogP contribution in [0.15, 0.2) is 42.5 Å². The summed E-state index contributed by atoms with van der Waals surface area (Å²) in [5.74, 6) is 0.224. The number of fused-ring (bicyclic) bond motifs is 1. The zero-order valence-corrected chi connectivity index (χ0v) is 12.9. The molecule has 0 aliphatic heterocycles. The number of hydrogen-bond acceptors (Lipinski definition) is 1. The Labute approximate surface area is 134 Å². The van der Waals surface area contributed by atoms with E-state index in [2.05, 4.69) is 23.5 Å². The molecule has 0 bridgehead atoms. The van der Waals surface area contributed by atoms with Crippen LogP contribution in [0, 0.1) is 0 Å². The maximum atomic E-state index is 10.8. The second-order valence-electron chi connectivity index (χ2n) is 5.35. The van der Waals surface area contributed by atoms with Crippen molar-refractivity contribution in [1.29, 1.82) is 0 Å². The molecule has 2 aromatic rings. The van der Waals surface area contributed by atoms with Crippen LogP contribution < -0.4 is 5.32 Å². The van der Waals surface area contributed by atoms with Gasteiger partial charge in [0, 0.05) is 12.0 Å². The SMILES string of the molecule is O=CNC1Cc2ccccc2[C@@H](c2ccc(Cl)c(Cl)c2)C1. The Morgan fingerprint density at radius 1 is 1.10 bits per heavy atom. The molecule has 21 heavy (non-hydrogen) atoms. The summed E-state index contributed by atoms with van der Waals surface area (Å²) < 4.78 is 0. The van der Waals surface area contributed by atoms with E-state index in [0.29, 0.717) is 10.0 Å².